The third-order valence-electron chi connectivity index (χ3n) is 10.1. The number of piperidine rings is 1. The van der Waals surface area contributed by atoms with Gasteiger partial charge >= 0.3 is 0 Å². The third-order valence-corrected chi connectivity index (χ3v) is 10.1. The van der Waals surface area contributed by atoms with Crippen molar-refractivity contribution in [3.05, 3.63) is 59.3 Å². The molecule has 8 rings (SSSR count). The minimum Gasteiger partial charge on any atom is -0.485 e. The highest BCUT2D eigenvalue weighted by atomic mass is 16.5. The zero-order valence-corrected chi connectivity index (χ0v) is 21.2. The normalized spacial score (nSPS) is 32.9. The Hall–Kier alpha value is -3.36. The van der Waals surface area contributed by atoms with Gasteiger partial charge < -0.3 is 25.5 Å². The highest BCUT2D eigenvalue weighted by Gasteiger charge is 2.73. The Morgan fingerprint density at radius 2 is 2.05 bits per heavy atom. The number of anilines is 1. The number of aromatic amines is 1. The van der Waals surface area contributed by atoms with Crippen LogP contribution in [-0.2, 0) is 16.6 Å². The van der Waals surface area contributed by atoms with Crippen LogP contribution in [0, 0.1) is 5.92 Å². The van der Waals surface area contributed by atoms with Crippen molar-refractivity contribution in [2.75, 3.05) is 18.4 Å². The van der Waals surface area contributed by atoms with Crippen molar-refractivity contribution in [1.29, 1.82) is 0 Å². The lowest BCUT2D eigenvalue weighted by atomic mass is 9.48. The maximum atomic E-state index is 13.6. The van der Waals surface area contributed by atoms with Crippen molar-refractivity contribution in [3.63, 3.8) is 0 Å². The molecule has 3 heterocycles. The van der Waals surface area contributed by atoms with Crippen molar-refractivity contribution in [1.82, 2.24) is 15.2 Å². The van der Waals surface area contributed by atoms with E-state index in [1.807, 2.05) is 30.3 Å². The van der Waals surface area contributed by atoms with Gasteiger partial charge in [-0.15, -0.1) is 0 Å². The second-order valence-corrected chi connectivity index (χ2v) is 11.9. The molecule has 5 atom stereocenters. The molecule has 0 radical (unpaired) electrons. The third kappa shape index (κ3) is 2.87. The van der Waals surface area contributed by atoms with E-state index in [4.69, 9.17) is 4.74 Å². The number of H-pyrrole nitrogens is 1. The minimum atomic E-state index is -0.954. The molecule has 2 amide bonds. The van der Waals surface area contributed by atoms with Gasteiger partial charge in [-0.1, -0.05) is 24.3 Å². The number of para-hydroxylation sites is 1. The zero-order chi connectivity index (χ0) is 25.6. The molecule has 196 valence electrons. The molecule has 3 aliphatic carbocycles. The van der Waals surface area contributed by atoms with E-state index < -0.39 is 17.1 Å². The van der Waals surface area contributed by atoms with E-state index in [0.29, 0.717) is 36.3 Å². The van der Waals surface area contributed by atoms with Gasteiger partial charge in [-0.05, 0) is 68.7 Å². The smallest absolute Gasteiger partial charge is 0.253 e. The maximum absolute atomic E-state index is 13.6. The summed E-state index contributed by atoms with van der Waals surface area (Å²) >= 11 is 0. The van der Waals surface area contributed by atoms with Crippen LogP contribution in [0.1, 0.15) is 53.6 Å². The van der Waals surface area contributed by atoms with Crippen LogP contribution in [0.2, 0.25) is 0 Å². The number of nitrogens with zero attached hydrogens (tertiary/aromatic N) is 1. The summed E-state index contributed by atoms with van der Waals surface area (Å²) in [6.07, 6.45) is 7.35. The molecule has 2 unspecified atom stereocenters. The lowest BCUT2D eigenvalue weighted by Gasteiger charge is -2.64. The maximum Gasteiger partial charge on any atom is 0.253 e. The average molecular weight is 513 g/mol. The van der Waals surface area contributed by atoms with Crippen molar-refractivity contribution >= 4 is 28.9 Å². The van der Waals surface area contributed by atoms with E-state index in [9.17, 15) is 14.7 Å². The zero-order valence-electron chi connectivity index (χ0n) is 21.2. The summed E-state index contributed by atoms with van der Waals surface area (Å²) in [6, 6.07) is 11.6. The van der Waals surface area contributed by atoms with Gasteiger partial charge in [0.2, 0.25) is 6.41 Å². The first-order valence-corrected chi connectivity index (χ1v) is 13.9. The van der Waals surface area contributed by atoms with Crippen molar-refractivity contribution < 1.29 is 19.4 Å². The molecule has 1 spiro atoms. The largest absolute Gasteiger partial charge is 0.485 e. The molecule has 38 heavy (non-hydrogen) atoms. The predicted molar refractivity (Wildman–Crippen MR) is 142 cm³/mol. The number of likely N-dealkylation sites (tertiary alicyclic amines) is 1. The molecule has 2 aliphatic heterocycles. The summed E-state index contributed by atoms with van der Waals surface area (Å²) in [5, 5.41) is 19.7. The van der Waals surface area contributed by atoms with E-state index in [2.05, 4.69) is 26.6 Å². The fraction of sp³-hybridized carbons (Fsp3) is 0.467. The number of hydrogen-bond acceptors (Lipinski definition) is 5. The number of carbonyl (C=O) groups excluding carboxylic acids is 2. The van der Waals surface area contributed by atoms with E-state index in [-0.39, 0.29) is 18.0 Å². The molecular weight excluding hydrogens is 480 g/mol. The SMILES string of the molecule is O=CNc1ccc2c3c1OC1C(NC(=O)c4c[nH]c5ccccc45)CC[C@@]4(O)[C@@H](C2)N(CC2CC2)CC[C@]314. The van der Waals surface area contributed by atoms with Crippen molar-refractivity contribution in [2.24, 2.45) is 5.92 Å². The fourth-order valence-corrected chi connectivity index (χ4v) is 8.33. The highest BCUT2D eigenvalue weighted by molar-refractivity contribution is 6.06. The second kappa shape index (κ2) is 7.83. The van der Waals surface area contributed by atoms with E-state index >= 15 is 0 Å². The summed E-state index contributed by atoms with van der Waals surface area (Å²) in [4.78, 5) is 30.8. The number of carbonyl (C=O) groups is 2. The summed E-state index contributed by atoms with van der Waals surface area (Å²) in [7, 11) is 0. The quantitative estimate of drug-likeness (QED) is 0.380. The first-order chi connectivity index (χ1) is 18.5. The summed E-state index contributed by atoms with van der Waals surface area (Å²) in [5.41, 5.74) is 2.82. The molecule has 1 saturated heterocycles. The number of amides is 2. The Morgan fingerprint density at radius 3 is 2.89 bits per heavy atom. The molecule has 8 nitrogen and oxygen atoms in total. The van der Waals surface area contributed by atoms with E-state index in [1.165, 1.54) is 18.4 Å². The van der Waals surface area contributed by atoms with Crippen molar-refractivity contribution in [3.8, 4) is 5.75 Å². The van der Waals surface area contributed by atoms with Crippen LogP contribution in [0.25, 0.3) is 10.9 Å². The van der Waals surface area contributed by atoms with E-state index in [1.54, 1.807) is 6.20 Å². The molecule has 1 aromatic heterocycles. The number of hydrogen-bond donors (Lipinski definition) is 4. The number of aromatic nitrogens is 1. The van der Waals surface area contributed by atoms with Gasteiger partial charge in [0.25, 0.3) is 5.91 Å². The molecular formula is C30H32N4O4. The van der Waals surface area contributed by atoms with Crippen LogP contribution in [0.5, 0.6) is 5.75 Å². The van der Waals surface area contributed by atoms with Crippen LogP contribution in [0.4, 0.5) is 5.69 Å². The van der Waals surface area contributed by atoms with Gasteiger partial charge in [-0.3, -0.25) is 14.5 Å². The monoisotopic (exact) mass is 512 g/mol. The lowest BCUT2D eigenvalue weighted by Crippen LogP contribution is -2.78. The van der Waals surface area contributed by atoms with Crippen LogP contribution in [0.15, 0.2) is 42.6 Å². The van der Waals surface area contributed by atoms with Crippen LogP contribution >= 0.6 is 0 Å². The topological polar surface area (TPSA) is 107 Å². The first kappa shape index (κ1) is 22.6. The number of ether oxygens (including phenoxy) is 1. The average Bonchev–Trinajstić information content (AvgIpc) is 3.50. The van der Waals surface area contributed by atoms with Gasteiger partial charge in [0.1, 0.15) is 11.9 Å². The van der Waals surface area contributed by atoms with Crippen LogP contribution in [-0.4, -0.2) is 64.2 Å². The number of fused-ring (bicyclic) bond motifs is 1. The van der Waals surface area contributed by atoms with Crippen LogP contribution in [0.3, 0.4) is 0 Å². The highest BCUT2D eigenvalue weighted by Crippen LogP contribution is 2.65. The number of benzene rings is 2. The van der Waals surface area contributed by atoms with Gasteiger partial charge in [0.15, 0.2) is 0 Å². The molecule has 8 heteroatoms. The molecule has 4 N–H and O–H groups in total. The Balaban J connectivity index is 1.21. The van der Waals surface area contributed by atoms with Gasteiger partial charge in [-0.2, -0.15) is 0 Å². The van der Waals surface area contributed by atoms with Gasteiger partial charge in [0.05, 0.1) is 28.3 Å². The number of aliphatic hydroxyl groups is 1. The Bertz CT molecular complexity index is 1480. The standard InChI is InChI=1S/C30H32N4O4/c35-16-32-22-8-7-18-13-24-30(37)10-9-23(33-28(36)20-14-31-21-4-2-1-3-19(20)21)27-29(30,25(18)26(22)38-27)11-12-34(24)15-17-5-6-17/h1-4,7-8,14,16-17,23-24,27,31,37H,5-6,9-13,15H2,(H,32,35)(H,33,36)/t23?,24-,27?,29+,30-/m1/s1. The second-order valence-electron chi connectivity index (χ2n) is 11.9. The lowest BCUT2D eigenvalue weighted by molar-refractivity contribution is -0.190. The first-order valence-electron chi connectivity index (χ1n) is 13.9. The van der Waals surface area contributed by atoms with E-state index in [0.717, 1.165) is 48.3 Å². The Kier molecular flexibility index (Phi) is 4.66. The molecule has 3 aromatic rings. The predicted octanol–water partition coefficient (Wildman–Crippen LogP) is 3.10. The van der Waals surface area contributed by atoms with Crippen LogP contribution < -0.4 is 15.4 Å². The Morgan fingerprint density at radius 1 is 1.18 bits per heavy atom. The van der Waals surface area contributed by atoms with Crippen molar-refractivity contribution in [2.45, 2.75) is 67.7 Å². The Labute approximate surface area is 220 Å². The molecule has 3 fully saturated rings. The fourth-order valence-electron chi connectivity index (χ4n) is 8.33. The molecule has 2 saturated carbocycles. The summed E-state index contributed by atoms with van der Waals surface area (Å²) in [5.74, 6) is 1.27. The minimum absolute atomic E-state index is 0.0246. The summed E-state index contributed by atoms with van der Waals surface area (Å²) < 4.78 is 6.75. The molecule has 2 aromatic carbocycles. The molecule has 2 bridgehead atoms. The van der Waals surface area contributed by atoms with Gasteiger partial charge in [0, 0.05) is 35.2 Å². The number of rotatable bonds is 6. The van der Waals surface area contributed by atoms with Gasteiger partial charge in [-0.25, -0.2) is 0 Å². The molecule has 5 aliphatic rings. The number of nitrogens with one attached hydrogen (secondary N) is 3. The summed E-state index contributed by atoms with van der Waals surface area (Å²) in [6.45, 7) is 1.94.